The summed E-state index contributed by atoms with van der Waals surface area (Å²) in [5.41, 5.74) is 5.94. The molecule has 0 bridgehead atoms. The Morgan fingerprint density at radius 1 is 0.625 bits per heavy atom. The van der Waals surface area contributed by atoms with Gasteiger partial charge in [0.2, 0.25) is 0 Å². The van der Waals surface area contributed by atoms with Gasteiger partial charge < -0.3 is 0 Å². The van der Waals surface area contributed by atoms with Crippen molar-refractivity contribution in [2.24, 2.45) is 0 Å². The maximum Gasteiger partial charge on any atom is 0.0112 e. The minimum absolute atomic E-state index is 1.14. The van der Waals surface area contributed by atoms with E-state index in [2.05, 4.69) is 10.9 Å². The third-order valence-electron chi connectivity index (χ3n) is 1.08. The van der Waals surface area contributed by atoms with Gasteiger partial charge in [-0.2, -0.15) is 0 Å². The summed E-state index contributed by atoms with van der Waals surface area (Å²) in [5.74, 6) is 0. The third-order valence-corrected chi connectivity index (χ3v) is 1.08. The summed E-state index contributed by atoms with van der Waals surface area (Å²) in [6.45, 7) is 2.28. The van der Waals surface area contributed by atoms with Crippen molar-refractivity contribution >= 4 is 0 Å². The van der Waals surface area contributed by atoms with Crippen LogP contribution in [0.5, 0.6) is 0 Å². The van der Waals surface area contributed by atoms with Crippen molar-refractivity contribution in [2.75, 3.05) is 13.1 Å². The molecule has 2 rings (SSSR count). The maximum atomic E-state index is 2.97. The second-order valence-corrected chi connectivity index (χ2v) is 2.27. The molecule has 0 atom stereocenters. The summed E-state index contributed by atoms with van der Waals surface area (Å²) in [7, 11) is 0. The summed E-state index contributed by atoms with van der Waals surface area (Å²) in [6.07, 6.45) is 5.78. The first-order valence-corrected chi connectivity index (χ1v) is 3.46. The van der Waals surface area contributed by atoms with Crippen LogP contribution in [0.3, 0.4) is 0 Å². The average Bonchev–Trinajstić information content (AvgIpc) is 2.55. The van der Waals surface area contributed by atoms with Crippen molar-refractivity contribution in [2.45, 2.75) is 25.7 Å². The Hall–Kier alpha value is -0.0800. The highest BCUT2D eigenvalue weighted by atomic mass is 15.4. The van der Waals surface area contributed by atoms with Crippen LogP contribution in [0.4, 0.5) is 0 Å². The molecular weight excluding hydrogens is 100 g/mol. The molecule has 0 radical (unpaired) electrons. The molecule has 1 saturated heterocycles. The molecule has 2 heteroatoms. The van der Waals surface area contributed by atoms with Crippen molar-refractivity contribution in [1.29, 1.82) is 0 Å². The Labute approximate surface area is 50.6 Å². The monoisotopic (exact) mass is 114 g/mol. The molecule has 2 nitrogen and oxygen atoms in total. The van der Waals surface area contributed by atoms with Crippen molar-refractivity contribution in [3.8, 4) is 0 Å². The molecule has 2 fully saturated rings. The smallest absolute Gasteiger partial charge is 0.0112 e. The Balaban J connectivity index is 0.0000000907. The number of hydrogen-bond donors (Lipinski definition) is 2. The van der Waals surface area contributed by atoms with Gasteiger partial charge in [-0.05, 0) is 6.42 Å². The second kappa shape index (κ2) is 3.87. The molecule has 0 aromatic carbocycles. The van der Waals surface area contributed by atoms with Crippen molar-refractivity contribution < 1.29 is 0 Å². The fourth-order valence-corrected chi connectivity index (χ4v) is 0.442. The zero-order chi connectivity index (χ0) is 5.66. The van der Waals surface area contributed by atoms with E-state index in [9.17, 15) is 0 Å². The Morgan fingerprint density at radius 2 is 1.12 bits per heavy atom. The lowest BCUT2D eigenvalue weighted by molar-refractivity contribution is 0.689. The number of hydrogen-bond acceptors (Lipinski definition) is 2. The Kier molecular flexibility index (Phi) is 2.92. The summed E-state index contributed by atoms with van der Waals surface area (Å²) in [6, 6.07) is 0. The molecule has 0 aromatic heterocycles. The van der Waals surface area contributed by atoms with Gasteiger partial charge in [0.15, 0.2) is 0 Å². The highest BCUT2D eigenvalue weighted by Crippen LogP contribution is 2.14. The predicted octanol–water partition coefficient (Wildman–Crippen LogP) is 0.655. The summed E-state index contributed by atoms with van der Waals surface area (Å²) >= 11 is 0. The van der Waals surface area contributed by atoms with Crippen LogP contribution in [0.2, 0.25) is 0 Å². The van der Waals surface area contributed by atoms with Gasteiger partial charge in [0.1, 0.15) is 0 Å². The maximum absolute atomic E-state index is 2.97. The van der Waals surface area contributed by atoms with E-state index in [1.165, 1.54) is 25.7 Å². The topological polar surface area (TPSA) is 24.1 Å². The quantitative estimate of drug-likeness (QED) is 0.483. The summed E-state index contributed by atoms with van der Waals surface area (Å²) in [4.78, 5) is 0. The highest BCUT2D eigenvalue weighted by molar-refractivity contribution is 4.51. The fraction of sp³-hybridized carbons (Fsp3) is 1.00. The van der Waals surface area contributed by atoms with E-state index in [-0.39, 0.29) is 0 Å². The molecule has 1 aliphatic heterocycles. The molecule has 8 heavy (non-hydrogen) atoms. The van der Waals surface area contributed by atoms with Gasteiger partial charge in [0.05, 0.1) is 0 Å². The van der Waals surface area contributed by atoms with Gasteiger partial charge in [-0.3, -0.25) is 10.9 Å². The van der Waals surface area contributed by atoms with E-state index in [0.29, 0.717) is 0 Å². The van der Waals surface area contributed by atoms with E-state index in [4.69, 9.17) is 0 Å². The van der Waals surface area contributed by atoms with Crippen LogP contribution >= 0.6 is 0 Å². The molecule has 0 aromatic rings. The number of rotatable bonds is 0. The van der Waals surface area contributed by atoms with Crippen molar-refractivity contribution in [1.82, 2.24) is 10.9 Å². The molecule has 2 N–H and O–H groups in total. The van der Waals surface area contributed by atoms with E-state index < -0.39 is 0 Å². The molecule has 0 amide bonds. The molecule has 2 aliphatic rings. The molecular formula is C6H14N2. The number of hydrazine groups is 1. The van der Waals surface area contributed by atoms with Crippen LogP contribution in [-0.4, -0.2) is 13.1 Å². The van der Waals surface area contributed by atoms with Gasteiger partial charge in [-0.15, -0.1) is 0 Å². The zero-order valence-electron chi connectivity index (χ0n) is 5.24. The summed E-state index contributed by atoms with van der Waals surface area (Å²) < 4.78 is 0. The van der Waals surface area contributed by atoms with E-state index in [1.54, 1.807) is 0 Å². The van der Waals surface area contributed by atoms with Crippen molar-refractivity contribution in [3.05, 3.63) is 0 Å². The molecule has 0 spiro atoms. The van der Waals surface area contributed by atoms with E-state index in [0.717, 1.165) is 13.1 Å². The standard InChI is InChI=1S/C3H8N2.C3H6/c1-2-4-5-3-1;1-2-3-1/h4-5H,1-3H2;1-3H2. The van der Waals surface area contributed by atoms with Gasteiger partial charge in [-0.1, -0.05) is 19.3 Å². The van der Waals surface area contributed by atoms with Gasteiger partial charge >= 0.3 is 0 Å². The fourth-order valence-electron chi connectivity index (χ4n) is 0.442. The zero-order valence-corrected chi connectivity index (χ0v) is 5.24. The molecule has 1 aliphatic carbocycles. The largest absolute Gasteiger partial charge is 0.258 e. The molecule has 48 valence electrons. The first kappa shape index (κ1) is 6.05. The van der Waals surface area contributed by atoms with Crippen LogP contribution in [0.25, 0.3) is 0 Å². The van der Waals surface area contributed by atoms with Gasteiger partial charge in [0, 0.05) is 13.1 Å². The van der Waals surface area contributed by atoms with Crippen molar-refractivity contribution in [3.63, 3.8) is 0 Å². The highest BCUT2D eigenvalue weighted by Gasteiger charge is 1.95. The Bertz CT molecular complexity index is 38.1. The number of nitrogens with one attached hydrogen (secondary N) is 2. The lowest BCUT2D eigenvalue weighted by Crippen LogP contribution is -2.21. The molecule has 1 heterocycles. The van der Waals surface area contributed by atoms with Crippen LogP contribution in [-0.2, 0) is 0 Å². The molecule has 1 saturated carbocycles. The minimum atomic E-state index is 1.14. The Morgan fingerprint density at radius 3 is 1.25 bits per heavy atom. The lowest BCUT2D eigenvalue weighted by atomic mass is 10.5. The van der Waals surface area contributed by atoms with Gasteiger partial charge in [0.25, 0.3) is 0 Å². The predicted molar refractivity (Wildman–Crippen MR) is 34.5 cm³/mol. The first-order valence-electron chi connectivity index (χ1n) is 3.46. The third kappa shape index (κ3) is 4.09. The van der Waals surface area contributed by atoms with Crippen LogP contribution in [0.1, 0.15) is 25.7 Å². The van der Waals surface area contributed by atoms with E-state index in [1.807, 2.05) is 0 Å². The SMILES string of the molecule is C1CC1.C1CNNC1. The van der Waals surface area contributed by atoms with Crippen LogP contribution in [0, 0.1) is 0 Å². The first-order chi connectivity index (χ1) is 4.00. The second-order valence-electron chi connectivity index (χ2n) is 2.27. The summed E-state index contributed by atoms with van der Waals surface area (Å²) in [5, 5.41) is 0. The van der Waals surface area contributed by atoms with Crippen LogP contribution < -0.4 is 10.9 Å². The average molecular weight is 114 g/mol. The normalized spacial score (nSPS) is 24.0. The van der Waals surface area contributed by atoms with Gasteiger partial charge in [-0.25, -0.2) is 0 Å². The lowest BCUT2D eigenvalue weighted by Gasteiger charge is -1.81. The van der Waals surface area contributed by atoms with Crippen LogP contribution in [0.15, 0.2) is 0 Å². The minimum Gasteiger partial charge on any atom is -0.258 e. The van der Waals surface area contributed by atoms with E-state index >= 15 is 0 Å². The molecule has 0 unspecified atom stereocenters.